The number of rotatable bonds is 8. The van der Waals surface area contributed by atoms with Gasteiger partial charge in [0, 0.05) is 6.54 Å². The first-order valence-corrected chi connectivity index (χ1v) is 13.0. The Bertz CT molecular complexity index is 1470. The highest BCUT2D eigenvalue weighted by atomic mass is 32.2. The lowest BCUT2D eigenvalue weighted by molar-refractivity contribution is -0.137. The molecule has 0 radical (unpaired) electrons. The number of hydrogen-bond acceptors (Lipinski definition) is 5. The van der Waals surface area contributed by atoms with Gasteiger partial charge in [0.1, 0.15) is 5.78 Å². The maximum absolute atomic E-state index is 13.3. The van der Waals surface area contributed by atoms with E-state index in [4.69, 9.17) is 0 Å². The molecule has 0 aromatic heterocycles. The molecule has 1 N–H and O–H groups in total. The molecule has 0 fully saturated rings. The van der Waals surface area contributed by atoms with E-state index in [1.165, 1.54) is 31.2 Å². The van der Waals surface area contributed by atoms with E-state index in [-0.39, 0.29) is 21.6 Å². The summed E-state index contributed by atoms with van der Waals surface area (Å²) in [4.78, 5) is 39.5. The molecule has 0 saturated heterocycles. The second-order valence-corrected chi connectivity index (χ2v) is 10.7. The highest BCUT2D eigenvalue weighted by Crippen LogP contribution is 2.33. The predicted molar refractivity (Wildman–Crippen MR) is 132 cm³/mol. The standard InChI is InChI=1S/C27H23F3N2O5S/c1-16-7-13-20(14-8-16)38(36,37)31-24(18-9-11-19(12-10-18)27(28,29)30)23(17(2)33)15-32-25(34)21-5-3-4-6-22(21)26(32)35/h3-14,23-24,31H,15H2,1-2H3/t23-,24+/m0/s1. The minimum Gasteiger partial charge on any atom is -0.300 e. The number of sulfonamides is 1. The van der Waals surface area contributed by atoms with Crippen LogP contribution in [-0.2, 0) is 21.0 Å². The summed E-state index contributed by atoms with van der Waals surface area (Å²) in [5, 5.41) is 0. The Hall–Kier alpha value is -3.83. The van der Waals surface area contributed by atoms with Gasteiger partial charge in [0.15, 0.2) is 0 Å². The van der Waals surface area contributed by atoms with E-state index in [1.54, 1.807) is 31.2 Å². The number of alkyl halides is 3. The predicted octanol–water partition coefficient (Wildman–Crippen LogP) is 4.53. The number of carbonyl (C=O) groups excluding carboxylic acids is 3. The number of nitrogens with zero attached hydrogens (tertiary/aromatic N) is 1. The number of aryl methyl sites for hydroxylation is 1. The van der Waals surface area contributed by atoms with Crippen LogP contribution in [0.2, 0.25) is 0 Å². The Kier molecular flexibility index (Phi) is 7.26. The van der Waals surface area contributed by atoms with Crippen molar-refractivity contribution in [3.8, 4) is 0 Å². The molecule has 3 aromatic rings. The lowest BCUT2D eigenvalue weighted by Gasteiger charge is -2.29. The fourth-order valence-electron chi connectivity index (χ4n) is 4.28. The molecule has 2 atom stereocenters. The van der Waals surface area contributed by atoms with Gasteiger partial charge >= 0.3 is 6.18 Å². The summed E-state index contributed by atoms with van der Waals surface area (Å²) in [6.07, 6.45) is -4.63. The number of nitrogens with one attached hydrogen (secondary N) is 1. The highest BCUT2D eigenvalue weighted by molar-refractivity contribution is 7.89. The summed E-state index contributed by atoms with van der Waals surface area (Å²) >= 11 is 0. The molecule has 1 aliphatic rings. The van der Waals surface area contributed by atoms with Crippen molar-refractivity contribution in [2.24, 2.45) is 5.92 Å². The first-order valence-electron chi connectivity index (χ1n) is 11.5. The molecule has 198 valence electrons. The number of carbonyl (C=O) groups is 3. The van der Waals surface area contributed by atoms with E-state index in [0.717, 1.165) is 34.7 Å². The Morgan fingerprint density at radius 3 is 1.89 bits per heavy atom. The first kappa shape index (κ1) is 27.2. The van der Waals surface area contributed by atoms with Gasteiger partial charge in [-0.1, -0.05) is 42.0 Å². The van der Waals surface area contributed by atoms with Gasteiger partial charge in [0.25, 0.3) is 11.8 Å². The molecule has 3 aromatic carbocycles. The van der Waals surface area contributed by atoms with E-state index in [2.05, 4.69) is 4.72 Å². The second kappa shape index (κ2) is 10.1. The molecule has 1 heterocycles. The lowest BCUT2D eigenvalue weighted by Crippen LogP contribution is -2.44. The van der Waals surface area contributed by atoms with E-state index in [9.17, 15) is 36.0 Å². The summed E-state index contributed by atoms with van der Waals surface area (Å²) in [6.45, 7) is 2.45. The van der Waals surface area contributed by atoms with Gasteiger partial charge in [0.2, 0.25) is 10.0 Å². The summed E-state index contributed by atoms with van der Waals surface area (Å²) in [7, 11) is -4.27. The van der Waals surface area contributed by atoms with Gasteiger partial charge in [-0.3, -0.25) is 19.3 Å². The molecule has 4 rings (SSSR count). The zero-order valence-electron chi connectivity index (χ0n) is 20.3. The molecule has 0 bridgehead atoms. The zero-order valence-corrected chi connectivity index (χ0v) is 21.1. The van der Waals surface area contributed by atoms with Crippen molar-refractivity contribution in [1.29, 1.82) is 0 Å². The minimum atomic E-state index is -4.63. The van der Waals surface area contributed by atoms with Gasteiger partial charge in [-0.15, -0.1) is 0 Å². The van der Waals surface area contributed by atoms with Gasteiger partial charge in [0.05, 0.1) is 33.5 Å². The number of benzene rings is 3. The quantitative estimate of drug-likeness (QED) is 0.420. The summed E-state index contributed by atoms with van der Waals surface area (Å²) in [5.41, 5.74) is 0.194. The number of amides is 2. The molecular formula is C27H23F3N2O5S. The maximum atomic E-state index is 13.3. The Labute approximate surface area is 217 Å². The van der Waals surface area contributed by atoms with Crippen LogP contribution in [-0.4, -0.2) is 37.5 Å². The monoisotopic (exact) mass is 544 g/mol. The van der Waals surface area contributed by atoms with Gasteiger partial charge in [-0.2, -0.15) is 13.2 Å². The molecule has 1 aliphatic heterocycles. The molecule has 0 unspecified atom stereocenters. The van der Waals surface area contributed by atoms with Crippen molar-refractivity contribution < 1.29 is 36.0 Å². The van der Waals surface area contributed by atoms with Gasteiger partial charge in [-0.05, 0) is 55.8 Å². The van der Waals surface area contributed by atoms with Crippen LogP contribution in [0.4, 0.5) is 13.2 Å². The average molecular weight is 545 g/mol. The molecule has 0 aliphatic carbocycles. The number of fused-ring (bicyclic) bond motifs is 1. The lowest BCUT2D eigenvalue weighted by atomic mass is 9.89. The van der Waals surface area contributed by atoms with Crippen LogP contribution in [0.25, 0.3) is 0 Å². The maximum Gasteiger partial charge on any atom is 0.416 e. The zero-order chi connectivity index (χ0) is 27.8. The van der Waals surface area contributed by atoms with Crippen molar-refractivity contribution in [1.82, 2.24) is 9.62 Å². The number of halogens is 3. The molecular weight excluding hydrogens is 521 g/mol. The smallest absolute Gasteiger partial charge is 0.300 e. The van der Waals surface area contributed by atoms with Crippen molar-refractivity contribution in [3.05, 3.63) is 101 Å². The molecule has 0 saturated carbocycles. The van der Waals surface area contributed by atoms with Crippen LogP contribution >= 0.6 is 0 Å². The summed E-state index contributed by atoms with van der Waals surface area (Å²) in [6, 6.07) is 14.3. The van der Waals surface area contributed by atoms with Crippen LogP contribution in [0.1, 0.15) is 50.4 Å². The highest BCUT2D eigenvalue weighted by Gasteiger charge is 2.41. The van der Waals surface area contributed by atoms with Crippen molar-refractivity contribution in [2.75, 3.05) is 6.54 Å². The fourth-order valence-corrected chi connectivity index (χ4v) is 5.55. The molecule has 7 nitrogen and oxygen atoms in total. The largest absolute Gasteiger partial charge is 0.416 e. The van der Waals surface area contributed by atoms with Crippen LogP contribution in [0.3, 0.4) is 0 Å². The third-order valence-corrected chi connectivity index (χ3v) is 7.85. The van der Waals surface area contributed by atoms with E-state index in [0.29, 0.717) is 0 Å². The van der Waals surface area contributed by atoms with Crippen molar-refractivity contribution in [2.45, 2.75) is 31.0 Å². The average Bonchev–Trinajstić information content (AvgIpc) is 3.10. The molecule has 38 heavy (non-hydrogen) atoms. The molecule has 11 heteroatoms. The third-order valence-electron chi connectivity index (χ3n) is 6.39. The molecule has 2 amide bonds. The first-order chi connectivity index (χ1) is 17.8. The molecule has 0 spiro atoms. The minimum absolute atomic E-state index is 0.0606. The normalized spacial score (nSPS) is 15.3. The SMILES string of the molecule is CC(=O)[C@H](CN1C(=O)c2ccccc2C1=O)[C@H](NS(=O)(=O)c1ccc(C)cc1)c1ccc(C(F)(F)F)cc1. The second-order valence-electron chi connectivity index (χ2n) is 9.02. The van der Waals surface area contributed by atoms with Crippen LogP contribution < -0.4 is 4.72 Å². The van der Waals surface area contributed by atoms with Crippen molar-refractivity contribution in [3.63, 3.8) is 0 Å². The summed E-state index contributed by atoms with van der Waals surface area (Å²) < 4.78 is 68.5. The Balaban J connectivity index is 1.75. The topological polar surface area (TPSA) is 101 Å². The van der Waals surface area contributed by atoms with Gasteiger partial charge < -0.3 is 0 Å². The van der Waals surface area contributed by atoms with Crippen LogP contribution in [0.5, 0.6) is 0 Å². The third kappa shape index (κ3) is 5.39. The number of hydrogen-bond donors (Lipinski definition) is 1. The number of imide groups is 1. The van der Waals surface area contributed by atoms with E-state index < -0.39 is 57.9 Å². The van der Waals surface area contributed by atoms with Gasteiger partial charge in [-0.25, -0.2) is 13.1 Å². The summed E-state index contributed by atoms with van der Waals surface area (Å²) in [5.74, 6) is -3.17. The number of Topliss-reactive ketones (excluding diaryl/α,β-unsaturated/α-hetero) is 1. The number of ketones is 1. The fraction of sp³-hybridized carbons (Fsp3) is 0.222. The Morgan fingerprint density at radius 1 is 0.895 bits per heavy atom. The van der Waals surface area contributed by atoms with E-state index in [1.807, 2.05) is 0 Å². The Morgan fingerprint density at radius 2 is 1.42 bits per heavy atom. The van der Waals surface area contributed by atoms with Crippen LogP contribution in [0, 0.1) is 12.8 Å². The van der Waals surface area contributed by atoms with E-state index >= 15 is 0 Å². The van der Waals surface area contributed by atoms with Crippen molar-refractivity contribution >= 4 is 27.6 Å². The van der Waals surface area contributed by atoms with Crippen LogP contribution in [0.15, 0.2) is 77.7 Å².